The van der Waals surface area contributed by atoms with Gasteiger partial charge in [0.2, 0.25) is 5.82 Å². The molecule has 0 radical (unpaired) electrons. The summed E-state index contributed by atoms with van der Waals surface area (Å²) in [6.07, 6.45) is 4.89. The van der Waals surface area contributed by atoms with Gasteiger partial charge in [-0.25, -0.2) is 0 Å². The van der Waals surface area contributed by atoms with Crippen molar-refractivity contribution in [2.75, 3.05) is 11.4 Å². The van der Waals surface area contributed by atoms with Crippen LogP contribution in [-0.2, 0) is 6.54 Å². The number of anilines is 1. The number of nitrogens with zero attached hydrogens (tertiary/aromatic N) is 4. The highest BCUT2D eigenvalue weighted by Crippen LogP contribution is 2.31. The third kappa shape index (κ3) is 2.03. The smallest absolute Gasteiger partial charge is 0.373 e. The average molecular weight is 292 g/mol. The Morgan fingerprint density at radius 2 is 2.45 bits per heavy atom. The molecule has 3 aromatic rings. The molecular weight excluding hydrogens is 280 g/mol. The molecule has 0 saturated heterocycles. The molecule has 8 heteroatoms. The highest BCUT2D eigenvalue weighted by Gasteiger charge is 2.27. The molecule has 0 aromatic carbocycles. The number of thiazole rings is 1. The molecule has 20 heavy (non-hydrogen) atoms. The summed E-state index contributed by atoms with van der Waals surface area (Å²) in [5.41, 5.74) is 0.956. The van der Waals surface area contributed by atoms with Gasteiger partial charge in [-0.2, -0.15) is 9.38 Å². The lowest BCUT2D eigenvalue weighted by molar-refractivity contribution is -0.389. The van der Waals surface area contributed by atoms with Gasteiger partial charge in [-0.15, -0.1) is 0 Å². The van der Waals surface area contributed by atoms with E-state index in [9.17, 15) is 10.1 Å². The van der Waals surface area contributed by atoms with Gasteiger partial charge in [-0.05, 0) is 17.9 Å². The highest BCUT2D eigenvalue weighted by atomic mass is 32.1. The quantitative estimate of drug-likeness (QED) is 0.533. The van der Waals surface area contributed by atoms with Crippen LogP contribution in [0.5, 0.6) is 0 Å². The van der Waals surface area contributed by atoms with Gasteiger partial charge < -0.3 is 19.4 Å². The van der Waals surface area contributed by atoms with E-state index >= 15 is 0 Å². The summed E-state index contributed by atoms with van der Waals surface area (Å²) in [7, 11) is 0. The van der Waals surface area contributed by atoms with Crippen LogP contribution in [0.4, 0.5) is 11.6 Å². The van der Waals surface area contributed by atoms with Crippen LogP contribution in [-0.4, -0.2) is 20.9 Å². The zero-order valence-electron chi connectivity index (χ0n) is 10.7. The van der Waals surface area contributed by atoms with Gasteiger partial charge in [0.1, 0.15) is 6.20 Å². The van der Waals surface area contributed by atoms with E-state index in [2.05, 4.69) is 4.98 Å². The molecule has 0 aliphatic heterocycles. The van der Waals surface area contributed by atoms with Crippen molar-refractivity contribution in [3.63, 3.8) is 0 Å². The first kappa shape index (κ1) is 12.7. The van der Waals surface area contributed by atoms with E-state index in [-0.39, 0.29) is 10.7 Å². The van der Waals surface area contributed by atoms with Gasteiger partial charge in [0.15, 0.2) is 0 Å². The van der Waals surface area contributed by atoms with Crippen LogP contribution in [0.25, 0.3) is 4.96 Å². The summed E-state index contributed by atoms with van der Waals surface area (Å²) in [4.78, 5) is 17.8. The van der Waals surface area contributed by atoms with Crippen molar-refractivity contribution in [3.8, 4) is 0 Å². The summed E-state index contributed by atoms with van der Waals surface area (Å²) < 4.78 is 6.55. The first-order chi connectivity index (χ1) is 9.70. The lowest BCUT2D eigenvalue weighted by Gasteiger charge is -2.18. The molecule has 0 aliphatic rings. The molecular formula is C12H12N4O3S. The Labute approximate surface area is 118 Å². The molecule has 0 N–H and O–H groups in total. The standard InChI is InChI=1S/C12H12N4O3S/c1-2-14(7-9-3-5-19-8-9)10-11(16(17)18)15-4-6-20-12(15)13-10/h3-6,8H,2,7H2,1H3. The number of hydrogen-bond acceptors (Lipinski definition) is 6. The van der Waals surface area contributed by atoms with E-state index < -0.39 is 0 Å². The number of aromatic nitrogens is 2. The fraction of sp³-hybridized carbons (Fsp3) is 0.250. The molecule has 0 unspecified atom stereocenters. The number of hydrogen-bond donors (Lipinski definition) is 0. The molecule has 0 fully saturated rings. The van der Waals surface area contributed by atoms with Gasteiger partial charge in [-0.1, -0.05) is 11.3 Å². The first-order valence-corrected chi connectivity index (χ1v) is 6.94. The van der Waals surface area contributed by atoms with Crippen molar-refractivity contribution in [1.82, 2.24) is 9.38 Å². The first-order valence-electron chi connectivity index (χ1n) is 6.06. The fourth-order valence-corrected chi connectivity index (χ4v) is 2.79. The lowest BCUT2D eigenvalue weighted by atomic mass is 10.3. The van der Waals surface area contributed by atoms with Gasteiger partial charge >= 0.3 is 5.82 Å². The Balaban J connectivity index is 2.04. The number of nitro groups is 1. The second kappa shape index (κ2) is 4.97. The number of imidazole rings is 1. The summed E-state index contributed by atoms with van der Waals surface area (Å²) in [6.45, 7) is 3.09. The molecule has 3 rings (SSSR count). The zero-order chi connectivity index (χ0) is 14.1. The van der Waals surface area contributed by atoms with Gasteiger partial charge in [0.25, 0.3) is 4.96 Å². The molecule has 0 spiro atoms. The second-order valence-corrected chi connectivity index (χ2v) is 5.09. The van der Waals surface area contributed by atoms with Crippen molar-refractivity contribution < 1.29 is 9.34 Å². The SMILES string of the molecule is CCN(Cc1ccoc1)c1nc2sccn2c1[N+](=O)[O-]. The molecule has 0 atom stereocenters. The van der Waals surface area contributed by atoms with Gasteiger partial charge in [0, 0.05) is 24.0 Å². The summed E-state index contributed by atoms with van der Waals surface area (Å²) in [5, 5.41) is 13.1. The predicted molar refractivity (Wildman–Crippen MR) is 75.2 cm³/mol. The maximum Gasteiger partial charge on any atom is 0.373 e. The van der Waals surface area contributed by atoms with Crippen molar-refractivity contribution in [3.05, 3.63) is 45.8 Å². The zero-order valence-corrected chi connectivity index (χ0v) is 11.5. The van der Waals surface area contributed by atoms with Crippen LogP contribution in [0.3, 0.4) is 0 Å². The van der Waals surface area contributed by atoms with E-state index in [1.807, 2.05) is 17.9 Å². The van der Waals surface area contributed by atoms with E-state index in [4.69, 9.17) is 4.42 Å². The predicted octanol–water partition coefficient (Wildman–Crippen LogP) is 2.92. The molecule has 7 nitrogen and oxygen atoms in total. The topological polar surface area (TPSA) is 76.8 Å². The fourth-order valence-electron chi connectivity index (χ4n) is 2.08. The minimum absolute atomic E-state index is 0.00611. The Kier molecular flexibility index (Phi) is 3.15. The van der Waals surface area contributed by atoms with Crippen LogP contribution in [0.15, 0.2) is 34.6 Å². The molecule has 0 amide bonds. The summed E-state index contributed by atoms with van der Waals surface area (Å²) >= 11 is 1.38. The highest BCUT2D eigenvalue weighted by molar-refractivity contribution is 7.15. The van der Waals surface area contributed by atoms with Crippen LogP contribution in [0.2, 0.25) is 0 Å². The number of fused-ring (bicyclic) bond motifs is 1. The third-order valence-electron chi connectivity index (χ3n) is 3.03. The van der Waals surface area contributed by atoms with Crippen LogP contribution in [0.1, 0.15) is 12.5 Å². The van der Waals surface area contributed by atoms with Crippen LogP contribution in [0, 0.1) is 10.1 Å². The van der Waals surface area contributed by atoms with Gasteiger partial charge in [0.05, 0.1) is 12.5 Å². The Hall–Kier alpha value is -2.35. The Morgan fingerprint density at radius 3 is 3.10 bits per heavy atom. The minimum atomic E-state index is -0.389. The normalized spacial score (nSPS) is 11.1. The van der Waals surface area contributed by atoms with Crippen molar-refractivity contribution in [2.45, 2.75) is 13.5 Å². The maximum absolute atomic E-state index is 11.3. The van der Waals surface area contributed by atoms with Crippen molar-refractivity contribution in [2.24, 2.45) is 0 Å². The molecule has 0 aliphatic carbocycles. The number of furan rings is 1. The molecule has 0 saturated carbocycles. The maximum atomic E-state index is 11.3. The largest absolute Gasteiger partial charge is 0.472 e. The average Bonchev–Trinajstić information content (AvgIpc) is 3.11. The molecule has 0 bridgehead atoms. The number of rotatable bonds is 5. The van der Waals surface area contributed by atoms with E-state index in [0.29, 0.717) is 23.9 Å². The lowest BCUT2D eigenvalue weighted by Crippen LogP contribution is -2.23. The molecule has 3 aromatic heterocycles. The monoisotopic (exact) mass is 292 g/mol. The molecule has 104 valence electrons. The molecule has 3 heterocycles. The van der Waals surface area contributed by atoms with Crippen molar-refractivity contribution >= 4 is 27.9 Å². The summed E-state index contributed by atoms with van der Waals surface area (Å²) in [6, 6.07) is 1.84. The van der Waals surface area contributed by atoms with E-state index in [0.717, 1.165) is 5.56 Å². The van der Waals surface area contributed by atoms with E-state index in [1.54, 1.807) is 24.1 Å². The Morgan fingerprint density at radius 1 is 1.60 bits per heavy atom. The minimum Gasteiger partial charge on any atom is -0.472 e. The van der Waals surface area contributed by atoms with Crippen LogP contribution < -0.4 is 4.90 Å². The summed E-state index contributed by atoms with van der Waals surface area (Å²) in [5.74, 6) is 0.400. The van der Waals surface area contributed by atoms with Crippen molar-refractivity contribution in [1.29, 1.82) is 0 Å². The van der Waals surface area contributed by atoms with E-state index in [1.165, 1.54) is 15.7 Å². The second-order valence-electron chi connectivity index (χ2n) is 4.22. The van der Waals surface area contributed by atoms with Crippen LogP contribution >= 0.6 is 11.3 Å². The Bertz CT molecular complexity index is 731. The van der Waals surface area contributed by atoms with Gasteiger partial charge in [-0.3, -0.25) is 0 Å². The third-order valence-corrected chi connectivity index (χ3v) is 3.78.